The summed E-state index contributed by atoms with van der Waals surface area (Å²) in [6.07, 6.45) is 0. The third kappa shape index (κ3) is 8.39. The van der Waals surface area contributed by atoms with Crippen LogP contribution >= 0.6 is 11.6 Å². The predicted molar refractivity (Wildman–Crippen MR) is 74.9 cm³/mol. The molecule has 0 N–H and O–H groups in total. The van der Waals surface area contributed by atoms with Gasteiger partial charge in [-0.2, -0.15) is 0 Å². The summed E-state index contributed by atoms with van der Waals surface area (Å²) < 4.78 is 20.9. The summed E-state index contributed by atoms with van der Waals surface area (Å²) in [6.45, 7) is 5.46. The van der Waals surface area contributed by atoms with Crippen molar-refractivity contribution in [1.82, 2.24) is 9.97 Å². The van der Waals surface area contributed by atoms with Gasteiger partial charge >= 0.3 is 0 Å². The van der Waals surface area contributed by atoms with Gasteiger partial charge in [0.2, 0.25) is 0 Å². The van der Waals surface area contributed by atoms with Crippen molar-refractivity contribution in [2.75, 3.05) is 46.8 Å². The first-order valence-corrected chi connectivity index (χ1v) is 6.82. The van der Waals surface area contributed by atoms with Crippen LogP contribution in [-0.2, 0) is 25.6 Å². The molecule has 7 heteroatoms. The maximum atomic E-state index is 5.83. The quantitative estimate of drug-likeness (QED) is 0.457. The van der Waals surface area contributed by atoms with Crippen molar-refractivity contribution in [1.29, 1.82) is 0 Å². The Hall–Kier alpha value is -0.790. The van der Waals surface area contributed by atoms with Gasteiger partial charge in [-0.1, -0.05) is 11.6 Å². The fourth-order valence-electron chi connectivity index (χ4n) is 1.40. The summed E-state index contributed by atoms with van der Waals surface area (Å²) in [4.78, 5) is 8.28. The van der Waals surface area contributed by atoms with Gasteiger partial charge in [-0.25, -0.2) is 9.97 Å². The average molecular weight is 305 g/mol. The smallest absolute Gasteiger partial charge is 0.155 e. The Morgan fingerprint density at radius 3 is 2.15 bits per heavy atom. The Bertz CT molecular complexity index is 359. The van der Waals surface area contributed by atoms with E-state index in [1.54, 1.807) is 13.2 Å². The molecule has 0 saturated carbocycles. The minimum atomic E-state index is 0.328. The molecule has 0 bridgehead atoms. The van der Waals surface area contributed by atoms with Crippen LogP contribution < -0.4 is 0 Å². The number of halogens is 1. The lowest BCUT2D eigenvalue weighted by Crippen LogP contribution is -2.11. The Labute approximate surface area is 124 Å². The van der Waals surface area contributed by atoms with Gasteiger partial charge in [0, 0.05) is 12.8 Å². The second-order valence-electron chi connectivity index (χ2n) is 4.02. The minimum Gasteiger partial charge on any atom is -0.382 e. The topological polar surface area (TPSA) is 62.7 Å². The molecule has 0 fully saturated rings. The molecule has 0 amide bonds. The van der Waals surface area contributed by atoms with E-state index in [9.17, 15) is 0 Å². The molecule has 0 aromatic carbocycles. The number of rotatable bonds is 11. The summed E-state index contributed by atoms with van der Waals surface area (Å²) >= 11 is 5.83. The molecule has 1 aromatic heterocycles. The SMILES string of the molecule is COCCOCCOCCOCc1nc(C)cc(Cl)n1. The first kappa shape index (κ1) is 17.3. The normalized spacial score (nSPS) is 10.9. The molecule has 20 heavy (non-hydrogen) atoms. The number of hydrogen-bond acceptors (Lipinski definition) is 6. The van der Waals surface area contributed by atoms with Crippen molar-refractivity contribution in [2.24, 2.45) is 0 Å². The molecule has 0 aliphatic carbocycles. The Morgan fingerprint density at radius 1 is 0.950 bits per heavy atom. The summed E-state index contributed by atoms with van der Waals surface area (Å²) in [5.41, 5.74) is 0.827. The molecule has 0 aliphatic heterocycles. The van der Waals surface area contributed by atoms with E-state index in [-0.39, 0.29) is 0 Å². The van der Waals surface area contributed by atoms with Gasteiger partial charge < -0.3 is 18.9 Å². The first-order chi connectivity index (χ1) is 9.72. The Morgan fingerprint density at radius 2 is 1.55 bits per heavy atom. The van der Waals surface area contributed by atoms with Crippen molar-refractivity contribution >= 4 is 11.6 Å². The van der Waals surface area contributed by atoms with Gasteiger partial charge in [0.05, 0.1) is 39.6 Å². The lowest BCUT2D eigenvalue weighted by atomic mass is 10.4. The number of methoxy groups -OCH3 is 1. The van der Waals surface area contributed by atoms with Crippen LogP contribution in [0.1, 0.15) is 11.5 Å². The zero-order valence-corrected chi connectivity index (χ0v) is 12.7. The van der Waals surface area contributed by atoms with Crippen molar-refractivity contribution in [2.45, 2.75) is 13.5 Å². The van der Waals surface area contributed by atoms with Crippen LogP contribution in [-0.4, -0.2) is 56.7 Å². The van der Waals surface area contributed by atoms with E-state index in [2.05, 4.69) is 9.97 Å². The van der Waals surface area contributed by atoms with Crippen LogP contribution in [0.2, 0.25) is 5.15 Å². The summed E-state index contributed by atoms with van der Waals surface area (Å²) in [5, 5.41) is 0.431. The third-order valence-electron chi connectivity index (χ3n) is 2.28. The van der Waals surface area contributed by atoms with Gasteiger partial charge in [-0.3, -0.25) is 0 Å². The molecule has 1 rings (SSSR count). The molecule has 114 valence electrons. The van der Waals surface area contributed by atoms with Gasteiger partial charge in [-0.15, -0.1) is 0 Å². The molecule has 1 aromatic rings. The number of aromatic nitrogens is 2. The molecular weight excluding hydrogens is 284 g/mol. The molecule has 6 nitrogen and oxygen atoms in total. The molecule has 0 unspecified atom stereocenters. The van der Waals surface area contributed by atoms with E-state index in [0.29, 0.717) is 57.2 Å². The van der Waals surface area contributed by atoms with Crippen LogP contribution in [0.15, 0.2) is 6.07 Å². The number of hydrogen-bond donors (Lipinski definition) is 0. The highest BCUT2D eigenvalue weighted by Crippen LogP contribution is 2.06. The summed E-state index contributed by atoms with van der Waals surface area (Å²) in [7, 11) is 1.64. The predicted octanol–water partition coefficient (Wildman–Crippen LogP) is 1.63. The third-order valence-corrected chi connectivity index (χ3v) is 2.47. The molecule has 0 aliphatic rings. The Kier molecular flexibility index (Phi) is 9.44. The second kappa shape index (κ2) is 10.9. The summed E-state index contributed by atoms with van der Waals surface area (Å²) in [5.74, 6) is 0.581. The van der Waals surface area contributed by atoms with Crippen molar-refractivity contribution in [3.8, 4) is 0 Å². The van der Waals surface area contributed by atoms with Crippen LogP contribution in [0.4, 0.5) is 0 Å². The molecule has 0 saturated heterocycles. The molecule has 0 atom stereocenters. The fourth-order valence-corrected chi connectivity index (χ4v) is 1.65. The Balaban J connectivity index is 1.97. The van der Waals surface area contributed by atoms with Crippen molar-refractivity contribution in [3.63, 3.8) is 0 Å². The van der Waals surface area contributed by atoms with E-state index in [1.807, 2.05) is 6.92 Å². The zero-order chi connectivity index (χ0) is 14.6. The monoisotopic (exact) mass is 304 g/mol. The van der Waals surface area contributed by atoms with Gasteiger partial charge in [0.15, 0.2) is 5.82 Å². The fraction of sp³-hybridized carbons (Fsp3) is 0.692. The highest BCUT2D eigenvalue weighted by Gasteiger charge is 2.00. The summed E-state index contributed by atoms with van der Waals surface area (Å²) in [6, 6.07) is 1.71. The average Bonchev–Trinajstić information content (AvgIpc) is 2.40. The van der Waals surface area contributed by atoms with E-state index < -0.39 is 0 Å². The lowest BCUT2D eigenvalue weighted by molar-refractivity contribution is 0.00000460. The van der Waals surface area contributed by atoms with E-state index in [0.717, 1.165) is 5.69 Å². The van der Waals surface area contributed by atoms with E-state index in [1.165, 1.54) is 0 Å². The molecular formula is C13H21ClN2O4. The molecule has 1 heterocycles. The number of ether oxygens (including phenoxy) is 4. The zero-order valence-electron chi connectivity index (χ0n) is 11.9. The van der Waals surface area contributed by atoms with Crippen LogP contribution in [0, 0.1) is 6.92 Å². The second-order valence-corrected chi connectivity index (χ2v) is 4.41. The number of aryl methyl sites for hydroxylation is 1. The van der Waals surface area contributed by atoms with E-state index >= 15 is 0 Å². The molecule has 0 spiro atoms. The highest BCUT2D eigenvalue weighted by atomic mass is 35.5. The highest BCUT2D eigenvalue weighted by molar-refractivity contribution is 6.29. The van der Waals surface area contributed by atoms with Crippen LogP contribution in [0.3, 0.4) is 0 Å². The maximum absolute atomic E-state index is 5.83. The number of nitrogens with zero attached hydrogens (tertiary/aromatic N) is 2. The standard InChI is InChI=1S/C13H21ClN2O4/c1-11-9-12(14)16-13(15-11)10-20-8-7-19-6-5-18-4-3-17-2/h9H,3-8,10H2,1-2H3. The first-order valence-electron chi connectivity index (χ1n) is 6.44. The van der Waals surface area contributed by atoms with Crippen molar-refractivity contribution in [3.05, 3.63) is 22.7 Å². The van der Waals surface area contributed by atoms with Gasteiger partial charge in [0.25, 0.3) is 0 Å². The van der Waals surface area contributed by atoms with E-state index in [4.69, 9.17) is 30.5 Å². The van der Waals surface area contributed by atoms with Gasteiger partial charge in [0.1, 0.15) is 11.8 Å². The van der Waals surface area contributed by atoms with Crippen molar-refractivity contribution < 1.29 is 18.9 Å². The van der Waals surface area contributed by atoms with Crippen LogP contribution in [0.5, 0.6) is 0 Å². The lowest BCUT2D eigenvalue weighted by Gasteiger charge is -2.06. The maximum Gasteiger partial charge on any atom is 0.155 e. The van der Waals surface area contributed by atoms with Gasteiger partial charge in [-0.05, 0) is 13.0 Å². The largest absolute Gasteiger partial charge is 0.382 e. The van der Waals surface area contributed by atoms with Crippen LogP contribution in [0.25, 0.3) is 0 Å². The minimum absolute atomic E-state index is 0.328. The molecule has 0 radical (unpaired) electrons.